The van der Waals surface area contributed by atoms with Gasteiger partial charge in [-0.25, -0.2) is 13.8 Å². The fraction of sp³-hybridized carbons (Fsp3) is 0.579. The number of hydrogen-bond donors (Lipinski definition) is 1. The Labute approximate surface area is 282 Å². The summed E-state index contributed by atoms with van der Waals surface area (Å²) in [7, 11) is 4.09. The van der Waals surface area contributed by atoms with E-state index in [9.17, 15) is 8.78 Å². The largest absolute Gasteiger partial charge is 0.465 e. The van der Waals surface area contributed by atoms with Crippen LogP contribution in [-0.4, -0.2) is 49.3 Å². The van der Waals surface area contributed by atoms with Gasteiger partial charge in [-0.15, -0.1) is 0 Å². The smallest absolute Gasteiger partial charge is 0.260 e. The number of rotatable bonds is 4. The van der Waals surface area contributed by atoms with Crippen molar-refractivity contribution in [3.63, 3.8) is 0 Å². The van der Waals surface area contributed by atoms with E-state index in [0.29, 0.717) is 23.9 Å². The van der Waals surface area contributed by atoms with Crippen molar-refractivity contribution in [1.82, 2.24) is 10.2 Å². The van der Waals surface area contributed by atoms with Gasteiger partial charge in [0, 0.05) is 37.2 Å². The Morgan fingerprint density at radius 3 is 2.43 bits per heavy atom. The van der Waals surface area contributed by atoms with Crippen LogP contribution >= 0.6 is 11.6 Å². The van der Waals surface area contributed by atoms with E-state index in [1.165, 1.54) is 37.7 Å². The van der Waals surface area contributed by atoms with Crippen molar-refractivity contribution in [2.45, 2.75) is 124 Å². The summed E-state index contributed by atoms with van der Waals surface area (Å²) >= 11 is 6.25. The lowest BCUT2D eigenvalue weighted by Gasteiger charge is -2.27. The first kappa shape index (κ1) is 39.2. The lowest BCUT2D eigenvalue weighted by Crippen LogP contribution is -2.40. The summed E-state index contributed by atoms with van der Waals surface area (Å²) in [5, 5.41) is 4.21. The van der Waals surface area contributed by atoms with Gasteiger partial charge in [0.2, 0.25) is 5.96 Å². The zero-order valence-electron chi connectivity index (χ0n) is 29.3. The van der Waals surface area contributed by atoms with E-state index in [-0.39, 0.29) is 24.0 Å². The highest BCUT2D eigenvalue weighted by molar-refractivity contribution is 6.30. The molecule has 1 aliphatic heterocycles. The van der Waals surface area contributed by atoms with E-state index in [0.717, 1.165) is 35.7 Å². The summed E-state index contributed by atoms with van der Waals surface area (Å²) in [5.74, 6) is 4.38. The molecule has 0 bridgehead atoms. The number of fused-ring (bicyclic) bond motifs is 1. The van der Waals surface area contributed by atoms with Crippen molar-refractivity contribution in [2.24, 2.45) is 15.9 Å². The van der Waals surface area contributed by atoms with Crippen LogP contribution in [0.2, 0.25) is 0 Å². The molecule has 46 heavy (non-hydrogen) atoms. The third-order valence-corrected chi connectivity index (χ3v) is 8.66. The Morgan fingerprint density at radius 2 is 1.76 bits per heavy atom. The van der Waals surface area contributed by atoms with Crippen LogP contribution in [0.4, 0.5) is 8.78 Å². The van der Waals surface area contributed by atoms with Gasteiger partial charge in [-0.05, 0) is 62.1 Å². The molecule has 1 aromatic rings. The van der Waals surface area contributed by atoms with Crippen LogP contribution < -0.4 is 5.32 Å². The molecule has 0 spiro atoms. The second-order valence-corrected chi connectivity index (χ2v) is 12.2. The number of aryl methyl sites for hydroxylation is 1. The molecular weight excluding hydrogens is 602 g/mol. The molecule has 3 unspecified atom stereocenters. The molecule has 0 amide bonds. The predicted molar refractivity (Wildman–Crippen MR) is 193 cm³/mol. The maximum atomic E-state index is 12.7. The number of aliphatic imine (C=N–C) groups is 2. The maximum Gasteiger partial charge on any atom is 0.260 e. The molecule has 5 rings (SSSR count). The summed E-state index contributed by atoms with van der Waals surface area (Å²) in [6.45, 7) is 12.4. The minimum absolute atomic E-state index is 0.0163. The van der Waals surface area contributed by atoms with Crippen molar-refractivity contribution < 1.29 is 13.2 Å². The van der Waals surface area contributed by atoms with Crippen LogP contribution in [0.25, 0.3) is 0 Å². The van der Waals surface area contributed by atoms with Crippen LogP contribution in [0, 0.1) is 5.92 Å². The van der Waals surface area contributed by atoms with Crippen molar-refractivity contribution in [2.75, 3.05) is 14.1 Å². The lowest BCUT2D eigenvalue weighted by molar-refractivity contribution is 0.186. The highest BCUT2D eigenvalue weighted by Crippen LogP contribution is 2.36. The van der Waals surface area contributed by atoms with Gasteiger partial charge in [-0.1, -0.05) is 109 Å². The molecule has 8 heteroatoms. The third-order valence-electron chi connectivity index (χ3n) is 8.24. The van der Waals surface area contributed by atoms with E-state index < -0.39 is 6.43 Å². The van der Waals surface area contributed by atoms with E-state index in [1.807, 2.05) is 66.9 Å². The highest BCUT2D eigenvalue weighted by Gasteiger charge is 2.26. The lowest BCUT2D eigenvalue weighted by atomic mass is 9.95. The molecule has 0 saturated heterocycles. The monoisotopic (exact) mass is 658 g/mol. The van der Waals surface area contributed by atoms with Gasteiger partial charge >= 0.3 is 0 Å². The molecule has 256 valence electrons. The normalized spacial score (nSPS) is 26.3. The minimum Gasteiger partial charge on any atom is -0.465 e. The first-order valence-electron chi connectivity index (χ1n) is 17.3. The van der Waals surface area contributed by atoms with Crippen LogP contribution in [0.3, 0.4) is 0 Å². The topological polar surface area (TPSA) is 53.1 Å². The number of nitrogens with one attached hydrogen (secondary N) is 1. The molecule has 4 aliphatic rings. The number of nitrogens with zero attached hydrogens (tertiary/aromatic N) is 3. The maximum absolute atomic E-state index is 12.7. The predicted octanol–water partition coefficient (Wildman–Crippen LogP) is 10.8. The van der Waals surface area contributed by atoms with Crippen molar-refractivity contribution >= 4 is 23.4 Å². The van der Waals surface area contributed by atoms with Crippen LogP contribution in [0.15, 0.2) is 85.2 Å². The quantitative estimate of drug-likeness (QED) is 0.259. The van der Waals surface area contributed by atoms with Crippen LogP contribution in [0.1, 0.15) is 110 Å². The number of likely N-dealkylation sites (N-methyl/N-ethyl adjacent to an activating group) is 1. The van der Waals surface area contributed by atoms with Crippen molar-refractivity contribution in [1.29, 1.82) is 0 Å². The number of hydrogen-bond acceptors (Lipinski definition) is 5. The van der Waals surface area contributed by atoms with Gasteiger partial charge in [0.05, 0.1) is 5.92 Å². The van der Waals surface area contributed by atoms with Gasteiger partial charge in [0.25, 0.3) is 6.43 Å². The van der Waals surface area contributed by atoms with Gasteiger partial charge < -0.3 is 14.6 Å². The molecular formula is C38H57ClF2N4O. The van der Waals surface area contributed by atoms with E-state index >= 15 is 0 Å². The summed E-state index contributed by atoms with van der Waals surface area (Å²) < 4.78 is 31.1. The zero-order valence-corrected chi connectivity index (χ0v) is 30.1. The molecule has 4 atom stereocenters. The summed E-state index contributed by atoms with van der Waals surface area (Å²) in [5.41, 5.74) is 1.32. The molecule has 5 nitrogen and oxygen atoms in total. The number of allylic oxidation sites excluding steroid dienone is 8. The summed E-state index contributed by atoms with van der Waals surface area (Å²) in [4.78, 5) is 11.7. The fourth-order valence-electron chi connectivity index (χ4n) is 5.72. The van der Waals surface area contributed by atoms with Gasteiger partial charge in [-0.3, -0.25) is 0 Å². The average Bonchev–Trinajstić information content (AvgIpc) is 3.26. The Balaban J connectivity index is 0.000000293. The van der Waals surface area contributed by atoms with Crippen molar-refractivity contribution in [3.05, 3.63) is 82.4 Å². The molecule has 0 radical (unpaired) electrons. The highest BCUT2D eigenvalue weighted by atomic mass is 35.5. The minimum atomic E-state index is -2.40. The molecule has 2 heterocycles. The third kappa shape index (κ3) is 12.0. The molecule has 1 aromatic heterocycles. The SMILES string of the molecule is CC.CC.CCc1ccc(C2CC/C=C(/C(F)F)C/C=C\2Cl)o1.C[C@@H]1CCCC(NC2=NC3C=CC=CC=C3C(N(C)C)=N2)CC1. The summed E-state index contributed by atoms with van der Waals surface area (Å²) in [6, 6.07) is 4.44. The number of furan rings is 1. The molecule has 3 aliphatic carbocycles. The van der Waals surface area contributed by atoms with Crippen LogP contribution in [0.5, 0.6) is 0 Å². The Morgan fingerprint density at radius 1 is 1.00 bits per heavy atom. The molecule has 1 fully saturated rings. The molecule has 1 N–H and O–H groups in total. The Hall–Kier alpha value is -2.93. The molecule has 0 aromatic carbocycles. The number of alkyl halides is 2. The first-order valence-corrected chi connectivity index (χ1v) is 17.7. The van der Waals surface area contributed by atoms with Crippen molar-refractivity contribution in [3.8, 4) is 0 Å². The Bertz CT molecular complexity index is 1270. The van der Waals surface area contributed by atoms with Crippen LogP contribution in [-0.2, 0) is 6.42 Å². The fourth-order valence-corrected chi connectivity index (χ4v) is 6.02. The number of halogens is 3. The number of amidine groups is 1. The van der Waals surface area contributed by atoms with Gasteiger partial charge in [0.1, 0.15) is 23.4 Å². The summed E-state index contributed by atoms with van der Waals surface area (Å²) in [6.07, 6.45) is 20.1. The average molecular weight is 659 g/mol. The molecule has 1 saturated carbocycles. The van der Waals surface area contributed by atoms with E-state index in [1.54, 1.807) is 12.2 Å². The van der Waals surface area contributed by atoms with E-state index in [2.05, 4.69) is 41.4 Å². The standard InChI is InChI=1S/C19H28N4.C15H17ClF2O.2C2H6/c1-14-8-7-9-15(13-12-14)20-19-21-17-11-6-4-5-10-16(17)18(22-19)23(2)3;1-2-11-7-9-14(19-11)12-5-3-4-10(15(17)18)6-8-13(12)16;2*1-2/h4-6,10-11,14-15,17H,7-9,12-13H2,1-3H3,(H,20,21);4,7-9,12,15H,2-3,5-6H2,1H3;2*1-2H3/b;10-4+,13-8+;;/t14-,15?,17?;;;/m1.../s1. The Kier molecular flexibility index (Phi) is 18.0. The van der Waals surface area contributed by atoms with Gasteiger partial charge in [-0.2, -0.15) is 4.99 Å². The first-order chi connectivity index (χ1) is 22.2. The number of guanidine groups is 1. The van der Waals surface area contributed by atoms with E-state index in [4.69, 9.17) is 26.0 Å². The second-order valence-electron chi connectivity index (χ2n) is 11.7. The van der Waals surface area contributed by atoms with Gasteiger partial charge in [0.15, 0.2) is 0 Å². The zero-order chi connectivity index (χ0) is 34.1. The second kappa shape index (κ2) is 21.0.